The Hall–Kier alpha value is -3.15. The smallest absolute Gasteiger partial charge is 0.222 e. The Labute approximate surface area is 158 Å². The minimum Gasteiger partial charge on any atom is -0.359 e. The van der Waals surface area contributed by atoms with Crippen LogP contribution in [0.4, 0.5) is 11.5 Å². The minimum absolute atomic E-state index is 0.170. The Bertz CT molecular complexity index is 893. The third-order valence-corrected chi connectivity index (χ3v) is 4.77. The fourth-order valence-corrected chi connectivity index (χ4v) is 3.30. The summed E-state index contributed by atoms with van der Waals surface area (Å²) >= 11 is 0. The summed E-state index contributed by atoms with van der Waals surface area (Å²) in [7, 11) is 0. The number of nitrogens with one attached hydrogen (secondary N) is 1. The molecule has 27 heavy (non-hydrogen) atoms. The number of amides is 1. The van der Waals surface area contributed by atoms with Crippen LogP contribution in [0.25, 0.3) is 0 Å². The van der Waals surface area contributed by atoms with E-state index in [1.807, 2.05) is 53.4 Å². The first-order chi connectivity index (χ1) is 13.3. The lowest BCUT2D eigenvalue weighted by atomic mass is 10.1. The topological polar surface area (TPSA) is 71.3 Å². The van der Waals surface area contributed by atoms with Gasteiger partial charge in [-0.3, -0.25) is 9.78 Å². The van der Waals surface area contributed by atoms with E-state index in [4.69, 9.17) is 4.52 Å². The van der Waals surface area contributed by atoms with Crippen LogP contribution in [-0.2, 0) is 24.2 Å². The maximum atomic E-state index is 12.6. The summed E-state index contributed by atoms with van der Waals surface area (Å²) in [5, 5.41) is 7.44. The maximum absolute atomic E-state index is 12.6. The van der Waals surface area contributed by atoms with Gasteiger partial charge >= 0.3 is 0 Å². The molecular weight excluding hydrogens is 340 g/mol. The molecule has 1 aliphatic rings. The summed E-state index contributed by atoms with van der Waals surface area (Å²) < 4.78 is 5.47. The third kappa shape index (κ3) is 4.16. The first kappa shape index (κ1) is 17.3. The van der Waals surface area contributed by atoms with Gasteiger partial charge in [0.1, 0.15) is 5.76 Å². The van der Waals surface area contributed by atoms with Crippen molar-refractivity contribution in [3.8, 4) is 0 Å². The molecule has 6 nitrogen and oxygen atoms in total. The van der Waals surface area contributed by atoms with Gasteiger partial charge in [-0.05, 0) is 37.1 Å². The molecule has 2 aromatic heterocycles. The fraction of sp³-hybridized carbons (Fsp3) is 0.286. The molecule has 6 heteroatoms. The number of fused-ring (bicyclic) bond motifs is 1. The van der Waals surface area contributed by atoms with E-state index >= 15 is 0 Å². The average molecular weight is 362 g/mol. The summed E-state index contributed by atoms with van der Waals surface area (Å²) in [6.07, 6.45) is 4.64. The summed E-state index contributed by atoms with van der Waals surface area (Å²) in [6, 6.07) is 15.7. The molecule has 0 aliphatic carbocycles. The lowest BCUT2D eigenvalue weighted by Gasteiger charge is -2.26. The van der Waals surface area contributed by atoms with Crippen molar-refractivity contribution in [2.45, 2.75) is 32.2 Å². The van der Waals surface area contributed by atoms with E-state index in [1.54, 1.807) is 6.20 Å². The highest BCUT2D eigenvalue weighted by atomic mass is 16.5. The summed E-state index contributed by atoms with van der Waals surface area (Å²) in [6.45, 7) is 1.21. The zero-order valence-electron chi connectivity index (χ0n) is 15.1. The number of rotatable bonds is 6. The number of aryl methyl sites for hydroxylation is 1. The molecule has 138 valence electrons. The van der Waals surface area contributed by atoms with Gasteiger partial charge in [-0.2, -0.15) is 0 Å². The Balaban J connectivity index is 1.36. The van der Waals surface area contributed by atoms with Gasteiger partial charge < -0.3 is 14.7 Å². The van der Waals surface area contributed by atoms with Crippen LogP contribution < -0.4 is 5.32 Å². The van der Waals surface area contributed by atoms with Gasteiger partial charge in [0.2, 0.25) is 5.91 Å². The number of benzene rings is 1. The van der Waals surface area contributed by atoms with E-state index in [0.717, 1.165) is 35.5 Å². The zero-order chi connectivity index (χ0) is 18.5. The van der Waals surface area contributed by atoms with Crippen molar-refractivity contribution in [2.75, 3.05) is 11.9 Å². The Kier molecular flexibility index (Phi) is 5.14. The molecule has 0 saturated carbocycles. The van der Waals surface area contributed by atoms with Gasteiger partial charge in [-0.15, -0.1) is 0 Å². The van der Waals surface area contributed by atoms with E-state index in [9.17, 15) is 4.79 Å². The molecule has 0 unspecified atom stereocenters. The summed E-state index contributed by atoms with van der Waals surface area (Å²) in [4.78, 5) is 18.8. The van der Waals surface area contributed by atoms with Crippen molar-refractivity contribution in [1.82, 2.24) is 15.0 Å². The predicted molar refractivity (Wildman–Crippen MR) is 103 cm³/mol. The third-order valence-electron chi connectivity index (χ3n) is 4.77. The molecular formula is C21H22N4O2. The van der Waals surface area contributed by atoms with Crippen LogP contribution in [0.3, 0.4) is 0 Å². The van der Waals surface area contributed by atoms with Gasteiger partial charge in [-0.25, -0.2) is 0 Å². The first-order valence-electron chi connectivity index (χ1n) is 9.27. The Morgan fingerprint density at radius 2 is 2.00 bits per heavy atom. The molecule has 1 amide bonds. The number of anilines is 2. The number of carbonyl (C=O) groups excluding carboxylic acids is 1. The maximum Gasteiger partial charge on any atom is 0.222 e. The van der Waals surface area contributed by atoms with Crippen molar-refractivity contribution < 1.29 is 9.32 Å². The van der Waals surface area contributed by atoms with Crippen LogP contribution in [0.15, 0.2) is 59.3 Å². The lowest BCUT2D eigenvalue weighted by Crippen LogP contribution is -2.35. The molecule has 4 rings (SSSR count). The predicted octanol–water partition coefficient (Wildman–Crippen LogP) is 3.72. The number of nitrogens with zero attached hydrogens (tertiary/aromatic N) is 3. The second kappa shape index (κ2) is 8.03. The molecule has 0 fully saturated rings. The highest BCUT2D eigenvalue weighted by molar-refractivity contribution is 5.77. The Morgan fingerprint density at radius 1 is 1.15 bits per heavy atom. The molecule has 0 atom stereocenters. The largest absolute Gasteiger partial charge is 0.359 e. The number of pyridine rings is 1. The van der Waals surface area contributed by atoms with Crippen molar-refractivity contribution in [3.05, 3.63) is 71.7 Å². The van der Waals surface area contributed by atoms with Crippen molar-refractivity contribution in [2.24, 2.45) is 0 Å². The number of hydrogen-bond acceptors (Lipinski definition) is 5. The van der Waals surface area contributed by atoms with Gasteiger partial charge in [0.15, 0.2) is 5.82 Å². The lowest BCUT2D eigenvalue weighted by molar-refractivity contribution is -0.132. The van der Waals surface area contributed by atoms with Crippen molar-refractivity contribution in [1.29, 1.82) is 0 Å². The zero-order valence-corrected chi connectivity index (χ0v) is 15.1. The van der Waals surface area contributed by atoms with E-state index < -0.39 is 0 Å². The van der Waals surface area contributed by atoms with Crippen LogP contribution in [0.2, 0.25) is 0 Å². The molecule has 1 aliphatic heterocycles. The normalized spacial score (nSPS) is 13.3. The quantitative estimate of drug-likeness (QED) is 0.724. The van der Waals surface area contributed by atoms with Crippen LogP contribution >= 0.6 is 0 Å². The molecule has 0 radical (unpaired) electrons. The SMILES string of the molecule is O=C(CCCc1ccccn1)N1CCc2onc(Nc3ccccc3)c2C1. The highest BCUT2D eigenvalue weighted by Crippen LogP contribution is 2.28. The molecule has 1 N–H and O–H groups in total. The number of carbonyl (C=O) groups is 1. The Morgan fingerprint density at radius 3 is 2.81 bits per heavy atom. The number of para-hydroxylation sites is 1. The molecule has 3 aromatic rings. The van der Waals surface area contributed by atoms with Gasteiger partial charge in [0.05, 0.1) is 12.1 Å². The molecule has 0 bridgehead atoms. The fourth-order valence-electron chi connectivity index (χ4n) is 3.30. The van der Waals surface area contributed by atoms with E-state index in [2.05, 4.69) is 15.5 Å². The first-order valence-corrected chi connectivity index (χ1v) is 9.27. The van der Waals surface area contributed by atoms with Crippen molar-refractivity contribution >= 4 is 17.4 Å². The van der Waals surface area contributed by atoms with E-state index in [-0.39, 0.29) is 5.91 Å². The monoisotopic (exact) mass is 362 g/mol. The molecule has 0 saturated heterocycles. The van der Waals surface area contributed by atoms with E-state index in [1.165, 1.54) is 0 Å². The van der Waals surface area contributed by atoms with Gasteiger partial charge in [-0.1, -0.05) is 29.4 Å². The van der Waals surface area contributed by atoms with Gasteiger partial charge in [0, 0.05) is 37.0 Å². The number of aromatic nitrogens is 2. The molecule has 0 spiro atoms. The van der Waals surface area contributed by atoms with Gasteiger partial charge in [0.25, 0.3) is 0 Å². The standard InChI is InChI=1S/C21H22N4O2/c26-20(11-6-10-16-7-4-5-13-22-16)25-14-12-19-18(15-25)21(24-27-19)23-17-8-2-1-3-9-17/h1-5,7-9,13H,6,10-12,14-15H2,(H,23,24). The summed E-state index contributed by atoms with van der Waals surface area (Å²) in [5.41, 5.74) is 2.95. The second-order valence-electron chi connectivity index (χ2n) is 6.66. The van der Waals surface area contributed by atoms with Crippen LogP contribution in [0.5, 0.6) is 0 Å². The van der Waals surface area contributed by atoms with Crippen LogP contribution in [0.1, 0.15) is 29.9 Å². The second-order valence-corrected chi connectivity index (χ2v) is 6.66. The molecule has 3 heterocycles. The van der Waals surface area contributed by atoms with Crippen molar-refractivity contribution in [3.63, 3.8) is 0 Å². The highest BCUT2D eigenvalue weighted by Gasteiger charge is 2.26. The van der Waals surface area contributed by atoms with E-state index in [0.29, 0.717) is 31.7 Å². The minimum atomic E-state index is 0.170. The average Bonchev–Trinajstić information content (AvgIpc) is 3.11. The number of hydrogen-bond donors (Lipinski definition) is 1. The molecule has 1 aromatic carbocycles. The van der Waals surface area contributed by atoms with Crippen LogP contribution in [-0.4, -0.2) is 27.5 Å². The summed E-state index contributed by atoms with van der Waals surface area (Å²) in [5.74, 6) is 1.73. The van der Waals surface area contributed by atoms with Crippen LogP contribution in [0, 0.1) is 0 Å².